The van der Waals surface area contributed by atoms with Crippen LogP contribution in [0.25, 0.3) is 0 Å². The Bertz CT molecular complexity index is 1350. The predicted molar refractivity (Wildman–Crippen MR) is 137 cm³/mol. The van der Waals surface area contributed by atoms with Gasteiger partial charge in [-0.3, -0.25) is 4.79 Å². The van der Waals surface area contributed by atoms with Gasteiger partial charge in [-0.1, -0.05) is 30.3 Å². The van der Waals surface area contributed by atoms with E-state index >= 15 is 0 Å². The van der Waals surface area contributed by atoms with Gasteiger partial charge in [0, 0.05) is 49.7 Å². The third-order valence-corrected chi connectivity index (χ3v) is 6.62. The van der Waals surface area contributed by atoms with Crippen molar-refractivity contribution >= 4 is 23.1 Å². The normalized spacial score (nSPS) is 13.5. The molecule has 0 aliphatic carbocycles. The van der Waals surface area contributed by atoms with Crippen molar-refractivity contribution in [2.75, 3.05) is 38.2 Å². The SMILES string of the molecule is COc1cccc(Cc2nsc(Oc3cccc(C(=O)N4CCN(c5ccccc5F)CC4)c3)n2)c1. The molecule has 0 N–H and O–H groups in total. The summed E-state index contributed by atoms with van der Waals surface area (Å²) in [5.74, 6) is 1.64. The van der Waals surface area contributed by atoms with Gasteiger partial charge in [0.1, 0.15) is 17.3 Å². The van der Waals surface area contributed by atoms with E-state index in [-0.39, 0.29) is 11.7 Å². The van der Waals surface area contributed by atoms with E-state index in [1.807, 2.05) is 35.2 Å². The number of methoxy groups -OCH3 is 1. The number of hydrogen-bond acceptors (Lipinski definition) is 7. The molecule has 0 unspecified atom stereocenters. The van der Waals surface area contributed by atoms with E-state index in [0.29, 0.717) is 60.6 Å². The molecule has 1 aromatic heterocycles. The summed E-state index contributed by atoms with van der Waals surface area (Å²) >= 11 is 1.17. The maximum Gasteiger partial charge on any atom is 0.298 e. The second-order valence-electron chi connectivity index (χ2n) is 8.37. The number of amides is 1. The molecule has 1 amide bonds. The Balaban J connectivity index is 1.20. The van der Waals surface area contributed by atoms with Gasteiger partial charge < -0.3 is 19.3 Å². The van der Waals surface area contributed by atoms with Gasteiger partial charge in [0.15, 0.2) is 5.82 Å². The van der Waals surface area contributed by atoms with Crippen molar-refractivity contribution in [3.8, 4) is 16.7 Å². The largest absolute Gasteiger partial charge is 0.497 e. The van der Waals surface area contributed by atoms with Crippen LogP contribution >= 0.6 is 11.5 Å². The van der Waals surface area contributed by atoms with Crippen LogP contribution in [-0.4, -0.2) is 53.5 Å². The van der Waals surface area contributed by atoms with Gasteiger partial charge in [0.25, 0.3) is 11.1 Å². The zero-order valence-electron chi connectivity index (χ0n) is 19.8. The number of benzene rings is 3. The monoisotopic (exact) mass is 504 g/mol. The van der Waals surface area contributed by atoms with Crippen molar-refractivity contribution in [3.63, 3.8) is 0 Å². The van der Waals surface area contributed by atoms with Crippen LogP contribution in [0.3, 0.4) is 0 Å². The third kappa shape index (κ3) is 5.46. The summed E-state index contributed by atoms with van der Waals surface area (Å²) in [4.78, 5) is 21.3. The molecule has 7 nitrogen and oxygen atoms in total. The van der Waals surface area contributed by atoms with E-state index in [1.165, 1.54) is 17.6 Å². The lowest BCUT2D eigenvalue weighted by Gasteiger charge is -2.36. The van der Waals surface area contributed by atoms with E-state index in [0.717, 1.165) is 11.3 Å². The van der Waals surface area contributed by atoms with Crippen molar-refractivity contribution in [2.24, 2.45) is 0 Å². The lowest BCUT2D eigenvalue weighted by molar-refractivity contribution is 0.0746. The number of ether oxygens (including phenoxy) is 2. The summed E-state index contributed by atoms with van der Waals surface area (Å²) in [5.41, 5.74) is 2.15. The number of halogens is 1. The molecule has 5 rings (SSSR count). The molecular weight excluding hydrogens is 479 g/mol. The highest BCUT2D eigenvalue weighted by Gasteiger charge is 2.24. The second-order valence-corrected chi connectivity index (χ2v) is 9.08. The zero-order chi connectivity index (χ0) is 24.9. The predicted octanol–water partition coefficient (Wildman–Crippen LogP) is 5.03. The molecule has 3 aromatic carbocycles. The van der Waals surface area contributed by atoms with E-state index in [4.69, 9.17) is 9.47 Å². The Morgan fingerprint density at radius 2 is 1.75 bits per heavy atom. The summed E-state index contributed by atoms with van der Waals surface area (Å²) in [6.07, 6.45) is 0.564. The summed E-state index contributed by atoms with van der Waals surface area (Å²) in [7, 11) is 1.64. The molecule has 0 radical (unpaired) electrons. The van der Waals surface area contributed by atoms with Gasteiger partial charge in [-0.25, -0.2) is 4.39 Å². The number of rotatable bonds is 7. The molecule has 2 heterocycles. The number of piperazine rings is 1. The highest BCUT2D eigenvalue weighted by molar-refractivity contribution is 7.07. The van der Waals surface area contributed by atoms with Crippen LogP contribution in [0.2, 0.25) is 0 Å². The lowest BCUT2D eigenvalue weighted by atomic mass is 10.1. The van der Waals surface area contributed by atoms with Crippen LogP contribution in [0.5, 0.6) is 16.7 Å². The van der Waals surface area contributed by atoms with Crippen LogP contribution < -0.4 is 14.4 Å². The quantitative estimate of drug-likeness (QED) is 0.352. The zero-order valence-corrected chi connectivity index (χ0v) is 20.6. The summed E-state index contributed by atoms with van der Waals surface area (Å²) < 4.78 is 29.7. The maximum atomic E-state index is 14.1. The average Bonchev–Trinajstić information content (AvgIpc) is 3.35. The van der Waals surface area contributed by atoms with E-state index in [1.54, 1.807) is 48.4 Å². The van der Waals surface area contributed by atoms with Gasteiger partial charge in [0.05, 0.1) is 12.8 Å². The van der Waals surface area contributed by atoms with Gasteiger partial charge in [-0.2, -0.15) is 9.36 Å². The van der Waals surface area contributed by atoms with Gasteiger partial charge in [0.2, 0.25) is 0 Å². The molecule has 1 aliphatic heterocycles. The minimum Gasteiger partial charge on any atom is -0.497 e. The maximum absolute atomic E-state index is 14.1. The molecular formula is C27H25FN4O3S. The van der Waals surface area contributed by atoms with Crippen LogP contribution in [0.1, 0.15) is 21.7 Å². The van der Waals surface area contributed by atoms with Gasteiger partial charge in [-0.15, -0.1) is 0 Å². The Morgan fingerprint density at radius 3 is 2.56 bits per heavy atom. The molecule has 36 heavy (non-hydrogen) atoms. The summed E-state index contributed by atoms with van der Waals surface area (Å²) in [6, 6.07) is 21.6. The highest BCUT2D eigenvalue weighted by atomic mass is 32.1. The first-order valence-electron chi connectivity index (χ1n) is 11.6. The molecule has 184 valence electrons. The van der Waals surface area contributed by atoms with Crippen LogP contribution in [-0.2, 0) is 6.42 Å². The third-order valence-electron chi connectivity index (χ3n) is 5.99. The standard InChI is InChI=1S/C27H25FN4O3S/c1-34-21-8-4-6-19(16-21)17-25-29-27(36-30-25)35-22-9-5-7-20(18-22)26(33)32-14-12-31(13-15-32)24-11-3-2-10-23(24)28/h2-11,16,18H,12-15,17H2,1H3. The van der Waals surface area contributed by atoms with Crippen LogP contribution in [0.15, 0.2) is 72.8 Å². The van der Waals surface area contributed by atoms with Crippen molar-refractivity contribution in [1.29, 1.82) is 0 Å². The van der Waals surface area contributed by atoms with E-state index in [9.17, 15) is 9.18 Å². The number of para-hydroxylation sites is 1. The van der Waals surface area contributed by atoms with Crippen molar-refractivity contribution in [2.45, 2.75) is 6.42 Å². The Morgan fingerprint density at radius 1 is 0.972 bits per heavy atom. The molecule has 1 fully saturated rings. The smallest absolute Gasteiger partial charge is 0.298 e. The fraction of sp³-hybridized carbons (Fsp3) is 0.222. The first-order chi connectivity index (χ1) is 17.6. The average molecular weight is 505 g/mol. The van der Waals surface area contributed by atoms with Crippen LogP contribution in [0, 0.1) is 5.82 Å². The first kappa shape index (κ1) is 23.7. The highest BCUT2D eigenvalue weighted by Crippen LogP contribution is 2.26. The van der Waals surface area contributed by atoms with Gasteiger partial charge in [-0.05, 0) is 48.0 Å². The molecule has 0 spiro atoms. The minimum atomic E-state index is -0.245. The number of hydrogen-bond donors (Lipinski definition) is 0. The lowest BCUT2D eigenvalue weighted by Crippen LogP contribution is -2.49. The first-order valence-corrected chi connectivity index (χ1v) is 12.4. The summed E-state index contributed by atoms with van der Waals surface area (Å²) in [5, 5.41) is 0.413. The molecule has 0 atom stereocenters. The summed E-state index contributed by atoms with van der Waals surface area (Å²) in [6.45, 7) is 2.18. The van der Waals surface area contributed by atoms with Crippen molar-refractivity contribution in [1.82, 2.24) is 14.3 Å². The second kappa shape index (κ2) is 10.7. The minimum absolute atomic E-state index is 0.0791. The van der Waals surface area contributed by atoms with Crippen molar-refractivity contribution < 1.29 is 18.7 Å². The van der Waals surface area contributed by atoms with E-state index in [2.05, 4.69) is 9.36 Å². The Hall–Kier alpha value is -3.98. The Kier molecular flexibility index (Phi) is 7.08. The molecule has 1 saturated heterocycles. The fourth-order valence-corrected chi connectivity index (χ4v) is 4.72. The molecule has 0 saturated carbocycles. The number of aromatic nitrogens is 2. The topological polar surface area (TPSA) is 67.8 Å². The number of anilines is 1. The molecule has 0 bridgehead atoms. The molecule has 1 aliphatic rings. The molecule has 9 heteroatoms. The number of carbonyl (C=O) groups is 1. The van der Waals surface area contributed by atoms with Gasteiger partial charge >= 0.3 is 0 Å². The van der Waals surface area contributed by atoms with E-state index < -0.39 is 0 Å². The number of carbonyl (C=O) groups excluding carboxylic acids is 1. The number of nitrogens with zero attached hydrogens (tertiary/aromatic N) is 4. The molecule has 4 aromatic rings. The van der Waals surface area contributed by atoms with Crippen molar-refractivity contribution in [3.05, 3.63) is 95.6 Å². The van der Waals surface area contributed by atoms with Crippen LogP contribution in [0.4, 0.5) is 10.1 Å². The Labute approximate surface area is 212 Å². The fourth-order valence-electron chi connectivity index (χ4n) is 4.15.